The van der Waals surface area contributed by atoms with Crippen LogP contribution in [-0.2, 0) is 4.79 Å². The summed E-state index contributed by atoms with van der Waals surface area (Å²) < 4.78 is 0. The Morgan fingerprint density at radius 3 is 2.78 bits per heavy atom. The van der Waals surface area contributed by atoms with Gasteiger partial charge in [0.25, 0.3) is 0 Å². The summed E-state index contributed by atoms with van der Waals surface area (Å²) in [4.78, 5) is 31.5. The molecule has 1 aliphatic heterocycles. The summed E-state index contributed by atoms with van der Waals surface area (Å²) in [5.74, 6) is 0.765. The number of hydrogen-bond acceptors (Lipinski definition) is 6. The molecule has 2 aromatic rings. The average molecular weight is 362 g/mol. The number of H-pyrrole nitrogens is 1. The number of aromatic nitrogens is 4. The van der Waals surface area contributed by atoms with E-state index in [9.17, 15) is 4.79 Å². The molecule has 0 radical (unpaired) electrons. The molecule has 1 unspecified atom stereocenters. The highest BCUT2D eigenvalue weighted by atomic mass is 35.5. The summed E-state index contributed by atoms with van der Waals surface area (Å²) in [5, 5.41) is 3.27. The molecule has 128 valence electrons. The first-order chi connectivity index (χ1) is 10.2. The van der Waals surface area contributed by atoms with Gasteiger partial charge >= 0.3 is 0 Å². The first-order valence-electron chi connectivity index (χ1n) is 6.98. The monoisotopic (exact) mass is 361 g/mol. The van der Waals surface area contributed by atoms with Crippen molar-refractivity contribution in [2.24, 2.45) is 0 Å². The van der Waals surface area contributed by atoms with Crippen LogP contribution < -0.4 is 10.2 Å². The molecule has 3 heterocycles. The topological polar surface area (TPSA) is 90.0 Å². The van der Waals surface area contributed by atoms with Crippen molar-refractivity contribution < 1.29 is 4.79 Å². The standard InChI is InChI=1S/C13H19N7O.2ClH/c1-19(6-10(21)20(2)9-3-4-14-5-9)13-11-12(16-7-15-11)17-8-18-13;;/h7-9,14H,3-6H2,1-2H3,(H,15,16,17,18);2*1H. The summed E-state index contributed by atoms with van der Waals surface area (Å²) in [6.07, 6.45) is 4.04. The average Bonchev–Trinajstić information content (AvgIpc) is 3.16. The summed E-state index contributed by atoms with van der Waals surface area (Å²) >= 11 is 0. The quantitative estimate of drug-likeness (QED) is 0.821. The number of fused-ring (bicyclic) bond motifs is 1. The number of hydrogen-bond donors (Lipinski definition) is 2. The second-order valence-corrected chi connectivity index (χ2v) is 5.31. The van der Waals surface area contributed by atoms with Crippen LogP contribution in [0.3, 0.4) is 0 Å². The smallest absolute Gasteiger partial charge is 0.242 e. The number of imidazole rings is 1. The van der Waals surface area contributed by atoms with Crippen molar-refractivity contribution in [1.82, 2.24) is 30.2 Å². The van der Waals surface area contributed by atoms with Crippen LogP contribution in [-0.4, -0.2) is 70.5 Å². The van der Waals surface area contributed by atoms with E-state index in [0.29, 0.717) is 11.5 Å². The van der Waals surface area contributed by atoms with E-state index in [-0.39, 0.29) is 43.3 Å². The maximum Gasteiger partial charge on any atom is 0.242 e. The first-order valence-corrected chi connectivity index (χ1v) is 6.98. The Hall–Kier alpha value is -1.64. The van der Waals surface area contributed by atoms with Crippen LogP contribution in [0.15, 0.2) is 12.7 Å². The molecular weight excluding hydrogens is 341 g/mol. The summed E-state index contributed by atoms with van der Waals surface area (Å²) in [6.45, 7) is 2.11. The predicted molar refractivity (Wildman–Crippen MR) is 93.5 cm³/mol. The first kappa shape index (κ1) is 19.4. The molecule has 0 spiro atoms. The van der Waals surface area contributed by atoms with Crippen molar-refractivity contribution in [1.29, 1.82) is 0 Å². The number of anilines is 1. The van der Waals surface area contributed by atoms with Gasteiger partial charge < -0.3 is 20.1 Å². The normalized spacial score (nSPS) is 16.5. The Kier molecular flexibility index (Phi) is 6.99. The third-order valence-electron chi connectivity index (χ3n) is 3.91. The van der Waals surface area contributed by atoms with E-state index in [4.69, 9.17) is 0 Å². The van der Waals surface area contributed by atoms with E-state index < -0.39 is 0 Å². The van der Waals surface area contributed by atoms with Crippen molar-refractivity contribution in [2.45, 2.75) is 12.5 Å². The number of amides is 1. The van der Waals surface area contributed by atoms with Crippen LogP contribution in [0.5, 0.6) is 0 Å². The Balaban J connectivity index is 0.00000132. The molecule has 1 fully saturated rings. The molecule has 1 atom stereocenters. The van der Waals surface area contributed by atoms with Gasteiger partial charge in [-0.2, -0.15) is 0 Å². The van der Waals surface area contributed by atoms with Gasteiger partial charge in [0.05, 0.1) is 12.9 Å². The van der Waals surface area contributed by atoms with Crippen LogP contribution >= 0.6 is 24.8 Å². The molecular formula is C13H21Cl2N7O. The minimum atomic E-state index is 0. The Morgan fingerprint density at radius 2 is 2.09 bits per heavy atom. The van der Waals surface area contributed by atoms with E-state index in [0.717, 1.165) is 25.0 Å². The fraction of sp³-hybridized carbons (Fsp3) is 0.538. The molecule has 0 saturated carbocycles. The number of carbonyl (C=O) groups excluding carboxylic acids is 1. The SMILES string of the molecule is CN(CC(=O)N(C)C1CCNC1)c1ncnc2nc[nH]c12.Cl.Cl. The zero-order chi connectivity index (χ0) is 14.8. The van der Waals surface area contributed by atoms with E-state index >= 15 is 0 Å². The maximum atomic E-state index is 12.4. The molecule has 1 aliphatic rings. The second kappa shape index (κ2) is 8.28. The molecule has 1 amide bonds. The molecule has 0 aliphatic carbocycles. The van der Waals surface area contributed by atoms with Crippen LogP contribution in [0.25, 0.3) is 11.2 Å². The lowest BCUT2D eigenvalue weighted by Gasteiger charge is -2.26. The van der Waals surface area contributed by atoms with Gasteiger partial charge in [-0.15, -0.1) is 24.8 Å². The zero-order valence-corrected chi connectivity index (χ0v) is 14.7. The third kappa shape index (κ3) is 4.01. The molecule has 1 saturated heterocycles. The fourth-order valence-electron chi connectivity index (χ4n) is 2.60. The van der Waals surface area contributed by atoms with Crippen molar-refractivity contribution in [3.63, 3.8) is 0 Å². The van der Waals surface area contributed by atoms with E-state index in [1.165, 1.54) is 6.33 Å². The minimum Gasteiger partial charge on any atom is -0.348 e. The van der Waals surface area contributed by atoms with Gasteiger partial charge in [-0.05, 0) is 13.0 Å². The lowest BCUT2D eigenvalue weighted by Crippen LogP contribution is -2.43. The van der Waals surface area contributed by atoms with Gasteiger partial charge in [0.2, 0.25) is 5.91 Å². The molecule has 10 heteroatoms. The third-order valence-corrected chi connectivity index (χ3v) is 3.91. The largest absolute Gasteiger partial charge is 0.348 e. The number of halogens is 2. The fourth-order valence-corrected chi connectivity index (χ4v) is 2.60. The summed E-state index contributed by atoms with van der Waals surface area (Å²) in [5.41, 5.74) is 1.35. The number of aromatic amines is 1. The molecule has 8 nitrogen and oxygen atoms in total. The number of rotatable bonds is 4. The highest BCUT2D eigenvalue weighted by Gasteiger charge is 2.24. The number of nitrogens with one attached hydrogen (secondary N) is 2. The summed E-state index contributed by atoms with van der Waals surface area (Å²) in [6, 6.07) is 0.281. The van der Waals surface area contributed by atoms with E-state index in [1.54, 1.807) is 6.33 Å². The number of likely N-dealkylation sites (N-methyl/N-ethyl adjacent to an activating group) is 2. The van der Waals surface area contributed by atoms with Crippen LogP contribution in [0.4, 0.5) is 5.82 Å². The van der Waals surface area contributed by atoms with E-state index in [2.05, 4.69) is 25.3 Å². The molecule has 2 N–H and O–H groups in total. The van der Waals surface area contributed by atoms with Crippen LogP contribution in [0, 0.1) is 0 Å². The molecule has 0 bridgehead atoms. The van der Waals surface area contributed by atoms with Gasteiger partial charge in [-0.1, -0.05) is 0 Å². The second-order valence-electron chi connectivity index (χ2n) is 5.31. The molecule has 23 heavy (non-hydrogen) atoms. The van der Waals surface area contributed by atoms with Gasteiger partial charge in [-0.3, -0.25) is 4.79 Å². The van der Waals surface area contributed by atoms with Crippen molar-refractivity contribution in [3.8, 4) is 0 Å². The molecule has 2 aromatic heterocycles. The molecule has 3 rings (SSSR count). The van der Waals surface area contributed by atoms with Gasteiger partial charge in [0.1, 0.15) is 11.8 Å². The van der Waals surface area contributed by atoms with Crippen molar-refractivity contribution in [3.05, 3.63) is 12.7 Å². The maximum absolute atomic E-state index is 12.4. The highest BCUT2D eigenvalue weighted by molar-refractivity contribution is 5.87. The lowest BCUT2D eigenvalue weighted by atomic mass is 10.2. The molecule has 0 aromatic carbocycles. The van der Waals surface area contributed by atoms with E-state index in [1.807, 2.05) is 23.9 Å². The Labute approximate surface area is 146 Å². The Morgan fingerprint density at radius 1 is 1.30 bits per heavy atom. The minimum absolute atomic E-state index is 0. The summed E-state index contributed by atoms with van der Waals surface area (Å²) in [7, 11) is 3.71. The van der Waals surface area contributed by atoms with Gasteiger partial charge in [0, 0.05) is 26.7 Å². The number of carbonyl (C=O) groups is 1. The number of nitrogens with zero attached hydrogens (tertiary/aromatic N) is 5. The highest BCUT2D eigenvalue weighted by Crippen LogP contribution is 2.18. The van der Waals surface area contributed by atoms with Gasteiger partial charge in [0.15, 0.2) is 11.5 Å². The van der Waals surface area contributed by atoms with Crippen molar-refractivity contribution >= 4 is 47.7 Å². The van der Waals surface area contributed by atoms with Crippen LogP contribution in [0.2, 0.25) is 0 Å². The van der Waals surface area contributed by atoms with Gasteiger partial charge in [-0.25, -0.2) is 15.0 Å². The van der Waals surface area contributed by atoms with Crippen LogP contribution in [0.1, 0.15) is 6.42 Å². The zero-order valence-electron chi connectivity index (χ0n) is 13.0. The van der Waals surface area contributed by atoms with Crippen molar-refractivity contribution in [2.75, 3.05) is 38.6 Å². The predicted octanol–water partition coefficient (Wildman–Crippen LogP) is 0.453. The lowest BCUT2D eigenvalue weighted by molar-refractivity contribution is -0.130. The Bertz CT molecular complexity index is 644.